The van der Waals surface area contributed by atoms with Gasteiger partial charge >= 0.3 is 0 Å². The molecule has 0 bridgehead atoms. The van der Waals surface area contributed by atoms with Gasteiger partial charge in [0.15, 0.2) is 0 Å². The first-order chi connectivity index (χ1) is 5.81. The van der Waals surface area contributed by atoms with Crippen LogP contribution in [0.25, 0.3) is 0 Å². The van der Waals surface area contributed by atoms with Crippen LogP contribution in [0.1, 0.15) is 27.7 Å². The van der Waals surface area contributed by atoms with Gasteiger partial charge in [-0.05, 0) is 19.3 Å². The van der Waals surface area contributed by atoms with E-state index in [0.717, 1.165) is 19.7 Å². The largest absolute Gasteiger partial charge is 0.383 e. The molecule has 3 nitrogen and oxygen atoms in total. The van der Waals surface area contributed by atoms with E-state index in [9.17, 15) is 0 Å². The van der Waals surface area contributed by atoms with E-state index in [1.165, 1.54) is 0 Å². The van der Waals surface area contributed by atoms with Gasteiger partial charge in [-0.3, -0.25) is 0 Å². The molecule has 80 valence electrons. The van der Waals surface area contributed by atoms with E-state index in [-0.39, 0.29) is 11.0 Å². The summed E-state index contributed by atoms with van der Waals surface area (Å²) in [6, 6.07) is 0. The normalized spacial score (nSPS) is 13.4. The van der Waals surface area contributed by atoms with E-state index in [2.05, 4.69) is 33.0 Å². The number of methoxy groups -OCH3 is 1. The number of nitrogens with one attached hydrogen (secondary N) is 1. The summed E-state index contributed by atoms with van der Waals surface area (Å²) in [4.78, 5) is 0. The van der Waals surface area contributed by atoms with Crippen molar-refractivity contribution in [3.8, 4) is 0 Å². The molecule has 0 saturated carbocycles. The van der Waals surface area contributed by atoms with Crippen molar-refractivity contribution in [2.75, 3.05) is 26.8 Å². The van der Waals surface area contributed by atoms with Gasteiger partial charge in [0.2, 0.25) is 0 Å². The molecule has 0 fully saturated rings. The summed E-state index contributed by atoms with van der Waals surface area (Å²) in [5.41, 5.74) is 6.00. The minimum atomic E-state index is -0.160. The molecule has 0 atom stereocenters. The highest BCUT2D eigenvalue weighted by Gasteiger charge is 2.32. The Morgan fingerprint density at radius 3 is 2.15 bits per heavy atom. The van der Waals surface area contributed by atoms with Crippen LogP contribution in [0.5, 0.6) is 0 Å². The fourth-order valence-electron chi connectivity index (χ4n) is 0.803. The van der Waals surface area contributed by atoms with E-state index >= 15 is 0 Å². The highest BCUT2D eigenvalue weighted by molar-refractivity contribution is 4.91. The molecule has 0 saturated heterocycles. The predicted octanol–water partition coefficient (Wildman–Crippen LogP) is 0.986. The van der Waals surface area contributed by atoms with Crippen LogP contribution >= 0.6 is 0 Å². The molecule has 0 amide bonds. The fraction of sp³-hybridized carbons (Fsp3) is 1.00. The van der Waals surface area contributed by atoms with Crippen LogP contribution in [0.4, 0.5) is 0 Å². The Balaban J connectivity index is 3.77. The first-order valence-corrected chi connectivity index (χ1v) is 4.80. The van der Waals surface area contributed by atoms with Crippen LogP contribution in [0, 0.1) is 5.41 Å². The minimum Gasteiger partial charge on any atom is -0.383 e. The molecule has 0 aliphatic heterocycles. The van der Waals surface area contributed by atoms with E-state index in [1.54, 1.807) is 7.11 Å². The minimum absolute atomic E-state index is 0.0980. The Morgan fingerprint density at radius 1 is 1.23 bits per heavy atom. The first kappa shape index (κ1) is 12.9. The molecule has 0 aliphatic carbocycles. The Kier molecular flexibility index (Phi) is 4.89. The second-order valence-electron chi connectivity index (χ2n) is 4.78. The molecule has 3 heteroatoms. The van der Waals surface area contributed by atoms with Crippen LogP contribution in [-0.4, -0.2) is 32.3 Å². The number of hydrogen-bond acceptors (Lipinski definition) is 3. The lowest BCUT2D eigenvalue weighted by atomic mass is 9.75. The van der Waals surface area contributed by atoms with Gasteiger partial charge in [0.25, 0.3) is 0 Å². The molecular formula is C10H24N2O. The molecule has 0 aromatic carbocycles. The van der Waals surface area contributed by atoms with Gasteiger partial charge in [0.05, 0.1) is 6.61 Å². The smallest absolute Gasteiger partial charge is 0.0587 e. The lowest BCUT2D eigenvalue weighted by molar-refractivity contribution is 0.171. The van der Waals surface area contributed by atoms with Crippen LogP contribution in [-0.2, 0) is 4.74 Å². The SMILES string of the molecule is COCCNCC(C)(C)C(C)(C)N. The quantitative estimate of drug-likeness (QED) is 0.611. The summed E-state index contributed by atoms with van der Waals surface area (Å²) in [7, 11) is 1.71. The molecule has 3 N–H and O–H groups in total. The number of hydrogen-bond donors (Lipinski definition) is 2. The van der Waals surface area contributed by atoms with Crippen LogP contribution in [0.2, 0.25) is 0 Å². The monoisotopic (exact) mass is 188 g/mol. The van der Waals surface area contributed by atoms with Crippen molar-refractivity contribution < 1.29 is 4.74 Å². The highest BCUT2D eigenvalue weighted by Crippen LogP contribution is 2.26. The number of ether oxygens (including phenoxy) is 1. The summed E-state index contributed by atoms with van der Waals surface area (Å²) in [6.07, 6.45) is 0. The second-order valence-corrected chi connectivity index (χ2v) is 4.78. The Bertz CT molecular complexity index is 138. The third kappa shape index (κ3) is 4.60. The molecule has 13 heavy (non-hydrogen) atoms. The maximum absolute atomic E-state index is 6.06. The molecule has 0 aromatic heterocycles. The summed E-state index contributed by atoms with van der Waals surface area (Å²) < 4.78 is 4.95. The van der Waals surface area contributed by atoms with E-state index in [4.69, 9.17) is 10.5 Å². The zero-order valence-corrected chi connectivity index (χ0v) is 9.61. The molecular weight excluding hydrogens is 164 g/mol. The zero-order valence-electron chi connectivity index (χ0n) is 9.61. The van der Waals surface area contributed by atoms with Crippen molar-refractivity contribution in [1.29, 1.82) is 0 Å². The zero-order chi connectivity index (χ0) is 10.5. The predicted molar refractivity (Wildman–Crippen MR) is 56.8 cm³/mol. The molecule has 0 rings (SSSR count). The van der Waals surface area contributed by atoms with Gasteiger partial charge in [-0.15, -0.1) is 0 Å². The maximum Gasteiger partial charge on any atom is 0.0587 e. The van der Waals surface area contributed by atoms with Crippen molar-refractivity contribution in [1.82, 2.24) is 5.32 Å². The number of rotatable bonds is 6. The molecule has 0 radical (unpaired) electrons. The maximum atomic E-state index is 6.06. The lowest BCUT2D eigenvalue weighted by Gasteiger charge is -2.38. The summed E-state index contributed by atoms with van der Waals surface area (Å²) in [5, 5.41) is 3.33. The summed E-state index contributed by atoms with van der Waals surface area (Å²) in [6.45, 7) is 11.0. The Morgan fingerprint density at radius 2 is 1.77 bits per heavy atom. The lowest BCUT2D eigenvalue weighted by Crippen LogP contribution is -2.52. The molecule has 0 aromatic rings. The van der Waals surface area contributed by atoms with Gasteiger partial charge in [-0.2, -0.15) is 0 Å². The van der Waals surface area contributed by atoms with Crippen molar-refractivity contribution in [3.05, 3.63) is 0 Å². The third-order valence-corrected chi connectivity index (χ3v) is 2.79. The van der Waals surface area contributed by atoms with Crippen molar-refractivity contribution >= 4 is 0 Å². The summed E-state index contributed by atoms with van der Waals surface area (Å²) in [5.74, 6) is 0. The van der Waals surface area contributed by atoms with E-state index in [1.807, 2.05) is 0 Å². The standard InChI is InChI=1S/C10H24N2O/c1-9(2,10(3,4)11)8-12-6-7-13-5/h12H,6-8,11H2,1-5H3. The van der Waals surface area contributed by atoms with Crippen molar-refractivity contribution in [3.63, 3.8) is 0 Å². The second kappa shape index (κ2) is 4.94. The number of nitrogens with two attached hydrogens (primary N) is 1. The van der Waals surface area contributed by atoms with Crippen molar-refractivity contribution in [2.45, 2.75) is 33.2 Å². The van der Waals surface area contributed by atoms with Crippen LogP contribution < -0.4 is 11.1 Å². The van der Waals surface area contributed by atoms with Gasteiger partial charge in [0.1, 0.15) is 0 Å². The Hall–Kier alpha value is -0.120. The Labute approximate surface area is 82.0 Å². The van der Waals surface area contributed by atoms with Gasteiger partial charge < -0.3 is 15.8 Å². The van der Waals surface area contributed by atoms with Crippen LogP contribution in [0.15, 0.2) is 0 Å². The van der Waals surface area contributed by atoms with Crippen molar-refractivity contribution in [2.24, 2.45) is 11.1 Å². The van der Waals surface area contributed by atoms with E-state index in [0.29, 0.717) is 0 Å². The molecule has 0 heterocycles. The summed E-state index contributed by atoms with van der Waals surface area (Å²) >= 11 is 0. The molecule has 0 aliphatic rings. The first-order valence-electron chi connectivity index (χ1n) is 4.80. The fourth-order valence-corrected chi connectivity index (χ4v) is 0.803. The van der Waals surface area contributed by atoms with Crippen LogP contribution in [0.3, 0.4) is 0 Å². The van der Waals surface area contributed by atoms with Gasteiger partial charge in [-0.25, -0.2) is 0 Å². The molecule has 0 unspecified atom stereocenters. The topological polar surface area (TPSA) is 47.3 Å². The molecule has 0 spiro atoms. The average Bonchev–Trinajstić information content (AvgIpc) is 1.96. The third-order valence-electron chi connectivity index (χ3n) is 2.79. The average molecular weight is 188 g/mol. The van der Waals surface area contributed by atoms with Gasteiger partial charge in [0, 0.05) is 25.7 Å². The highest BCUT2D eigenvalue weighted by atomic mass is 16.5. The van der Waals surface area contributed by atoms with Gasteiger partial charge in [-0.1, -0.05) is 13.8 Å². The van der Waals surface area contributed by atoms with E-state index < -0.39 is 0 Å².